The molecule has 0 unspecified atom stereocenters. The summed E-state index contributed by atoms with van der Waals surface area (Å²) in [7, 11) is 0. The molecular formula is C72H141AlO12. The standard InChI is InChI=1S/3C24H48O4.Al/c3*1-6-7-8-9-10-11-12-13-14-15-16-17-18-19-20-24(23(25)26,27-21(2)3)28-22(4)5;/h3*21-22H,6-20H2,1-5H3,(H,25,26);/q;;;+3/p-3. The van der Waals surface area contributed by atoms with Gasteiger partial charge >= 0.3 is 17.4 Å². The van der Waals surface area contributed by atoms with Gasteiger partial charge < -0.3 is 58.1 Å². The number of carboxylic acid groups (broad SMARTS) is 3. The molecule has 0 spiro atoms. The van der Waals surface area contributed by atoms with Crippen molar-refractivity contribution in [3.05, 3.63) is 0 Å². The average Bonchev–Trinajstić information content (AvgIpc) is 3.52. The maximum Gasteiger partial charge on any atom is 3.00 e. The van der Waals surface area contributed by atoms with Crippen molar-refractivity contribution in [3.63, 3.8) is 0 Å². The number of carboxylic acids is 3. The Morgan fingerprint density at radius 3 is 0.435 bits per heavy atom. The molecule has 0 atom stereocenters. The van der Waals surface area contributed by atoms with Crippen LogP contribution in [0, 0.1) is 0 Å². The van der Waals surface area contributed by atoms with Crippen LogP contribution in [0.4, 0.5) is 0 Å². The van der Waals surface area contributed by atoms with E-state index in [4.69, 9.17) is 28.4 Å². The molecule has 0 amide bonds. The van der Waals surface area contributed by atoms with Crippen LogP contribution in [0.15, 0.2) is 0 Å². The zero-order valence-electron chi connectivity index (χ0n) is 58.8. The van der Waals surface area contributed by atoms with Crippen molar-refractivity contribution in [1.82, 2.24) is 0 Å². The van der Waals surface area contributed by atoms with Gasteiger partial charge in [0.05, 0.1) is 36.6 Å². The van der Waals surface area contributed by atoms with Gasteiger partial charge in [-0.05, 0) is 102 Å². The van der Waals surface area contributed by atoms with Gasteiger partial charge in [0.15, 0.2) is 0 Å². The Morgan fingerprint density at radius 2 is 0.341 bits per heavy atom. The summed E-state index contributed by atoms with van der Waals surface area (Å²) in [4.78, 5) is 35.1. The van der Waals surface area contributed by atoms with E-state index in [1.807, 2.05) is 83.1 Å². The molecule has 0 saturated carbocycles. The smallest absolute Gasteiger partial charge is 0.544 e. The number of ether oxygens (including phenoxy) is 6. The number of rotatable bonds is 60. The molecule has 0 heterocycles. The molecule has 85 heavy (non-hydrogen) atoms. The summed E-state index contributed by atoms with van der Waals surface area (Å²) in [6.07, 6.45) is 53.2. The predicted molar refractivity (Wildman–Crippen MR) is 351 cm³/mol. The minimum Gasteiger partial charge on any atom is -0.544 e. The predicted octanol–water partition coefficient (Wildman–Crippen LogP) is 18.1. The maximum atomic E-state index is 11.7. The second-order valence-electron chi connectivity index (χ2n) is 26.2. The summed E-state index contributed by atoms with van der Waals surface area (Å²) in [5.74, 6) is -8.61. The van der Waals surface area contributed by atoms with Crippen molar-refractivity contribution in [2.24, 2.45) is 0 Å². The summed E-state index contributed by atoms with van der Waals surface area (Å²) in [6.45, 7) is 28.7. The van der Waals surface area contributed by atoms with Crippen LogP contribution in [0.5, 0.6) is 0 Å². The molecule has 0 aliphatic carbocycles. The Bertz CT molecular complexity index is 1240. The van der Waals surface area contributed by atoms with Gasteiger partial charge in [0.25, 0.3) is 0 Å². The Morgan fingerprint density at radius 1 is 0.235 bits per heavy atom. The molecule has 0 aromatic heterocycles. The van der Waals surface area contributed by atoms with Crippen LogP contribution in [0.2, 0.25) is 0 Å². The molecule has 0 bridgehead atoms. The first-order valence-electron chi connectivity index (χ1n) is 35.7. The molecular weight excluding hydrogens is 1080 g/mol. The zero-order chi connectivity index (χ0) is 63.8. The Labute approximate surface area is 537 Å². The van der Waals surface area contributed by atoms with Crippen molar-refractivity contribution in [3.8, 4) is 0 Å². The molecule has 0 aromatic carbocycles. The summed E-state index contributed by atoms with van der Waals surface area (Å²) >= 11 is 0. The van der Waals surface area contributed by atoms with E-state index in [0.717, 1.165) is 57.8 Å². The first-order chi connectivity index (χ1) is 40.0. The number of carbonyl (C=O) groups is 3. The van der Waals surface area contributed by atoms with Crippen LogP contribution in [0.1, 0.15) is 393 Å². The van der Waals surface area contributed by atoms with Crippen LogP contribution < -0.4 is 15.3 Å². The Hall–Kier alpha value is -1.30. The molecule has 0 saturated heterocycles. The third-order valence-electron chi connectivity index (χ3n) is 15.1. The molecule has 0 fully saturated rings. The normalized spacial score (nSPS) is 12.1. The molecule has 0 N–H and O–H groups in total. The van der Waals surface area contributed by atoms with Crippen molar-refractivity contribution >= 4 is 35.3 Å². The molecule has 0 aliphatic heterocycles. The van der Waals surface area contributed by atoms with E-state index in [2.05, 4.69) is 20.8 Å². The monoisotopic (exact) mass is 1230 g/mol. The minimum absolute atomic E-state index is 0. The topological polar surface area (TPSA) is 176 Å². The van der Waals surface area contributed by atoms with E-state index in [1.165, 1.54) is 212 Å². The molecule has 504 valence electrons. The number of unbranched alkanes of at least 4 members (excludes halogenated alkanes) is 39. The molecule has 13 heteroatoms. The van der Waals surface area contributed by atoms with Gasteiger partial charge in [0.1, 0.15) is 17.9 Å². The van der Waals surface area contributed by atoms with Crippen molar-refractivity contribution in [2.45, 2.75) is 447 Å². The van der Waals surface area contributed by atoms with Crippen molar-refractivity contribution < 1.29 is 58.1 Å². The number of hydrogen-bond acceptors (Lipinski definition) is 12. The number of hydrogen-bond donors (Lipinski definition) is 0. The largest absolute Gasteiger partial charge is 3.00 e. The van der Waals surface area contributed by atoms with Gasteiger partial charge in [0, 0.05) is 19.3 Å². The molecule has 0 rings (SSSR count). The SMILES string of the molecule is CCCCCCCCCCCCCCCCC(OC(C)C)(OC(C)C)C(=O)[O-].CCCCCCCCCCCCCCCCC(OC(C)C)(OC(C)C)C(=O)[O-].CCCCCCCCCCCCCCCCC(OC(C)C)(OC(C)C)C(=O)[O-].[Al+3]. The summed E-state index contributed by atoms with van der Waals surface area (Å²) in [6, 6.07) is 0. The van der Waals surface area contributed by atoms with Gasteiger partial charge in [-0.15, -0.1) is 0 Å². The Kier molecular flexibility index (Phi) is 65.3. The maximum absolute atomic E-state index is 11.7. The van der Waals surface area contributed by atoms with E-state index < -0.39 is 35.3 Å². The van der Waals surface area contributed by atoms with E-state index in [9.17, 15) is 29.7 Å². The molecule has 0 aliphatic rings. The summed E-state index contributed by atoms with van der Waals surface area (Å²) in [5, 5.41) is 35.1. The first kappa shape index (κ1) is 90.1. The first-order valence-corrected chi connectivity index (χ1v) is 35.7. The summed E-state index contributed by atoms with van der Waals surface area (Å²) in [5.41, 5.74) is 0. The minimum atomic E-state index is -1.61. The van der Waals surface area contributed by atoms with Crippen LogP contribution in [-0.4, -0.2) is 89.3 Å². The van der Waals surface area contributed by atoms with Gasteiger partial charge in [-0.3, -0.25) is 0 Å². The van der Waals surface area contributed by atoms with Gasteiger partial charge in [-0.1, -0.05) is 271 Å². The second kappa shape index (κ2) is 61.6. The van der Waals surface area contributed by atoms with Crippen LogP contribution >= 0.6 is 0 Å². The van der Waals surface area contributed by atoms with E-state index >= 15 is 0 Å². The van der Waals surface area contributed by atoms with E-state index in [0.29, 0.717) is 19.3 Å². The Balaban J connectivity index is -0.000000576. The third-order valence-corrected chi connectivity index (χ3v) is 15.1. The number of aliphatic carboxylic acids is 3. The second-order valence-corrected chi connectivity index (χ2v) is 26.2. The van der Waals surface area contributed by atoms with Gasteiger partial charge in [0.2, 0.25) is 17.4 Å². The molecule has 0 aromatic rings. The van der Waals surface area contributed by atoms with E-state index in [-0.39, 0.29) is 54.0 Å². The number of carbonyl (C=O) groups excluding carboxylic acids is 3. The van der Waals surface area contributed by atoms with Crippen LogP contribution in [0.25, 0.3) is 0 Å². The van der Waals surface area contributed by atoms with Gasteiger partial charge in [-0.25, -0.2) is 0 Å². The summed E-state index contributed by atoms with van der Waals surface area (Å²) < 4.78 is 33.8. The van der Waals surface area contributed by atoms with Gasteiger partial charge in [-0.2, -0.15) is 0 Å². The van der Waals surface area contributed by atoms with Crippen LogP contribution in [-0.2, 0) is 42.8 Å². The molecule has 0 radical (unpaired) electrons. The van der Waals surface area contributed by atoms with E-state index in [1.54, 1.807) is 0 Å². The van der Waals surface area contributed by atoms with Crippen LogP contribution in [0.3, 0.4) is 0 Å². The van der Waals surface area contributed by atoms with Crippen molar-refractivity contribution in [1.29, 1.82) is 0 Å². The zero-order valence-corrected chi connectivity index (χ0v) is 59.9. The fraction of sp³-hybridized carbons (Fsp3) is 0.958. The third kappa shape index (κ3) is 56.4. The fourth-order valence-electron chi connectivity index (χ4n) is 11.0. The molecule has 12 nitrogen and oxygen atoms in total. The average molecular weight is 1230 g/mol. The fourth-order valence-corrected chi connectivity index (χ4v) is 11.0. The van der Waals surface area contributed by atoms with Crippen molar-refractivity contribution in [2.75, 3.05) is 0 Å². The quantitative estimate of drug-likeness (QED) is 0.0320.